The Kier molecular flexibility index (Phi) is 6.39. The van der Waals surface area contributed by atoms with Gasteiger partial charge in [0, 0.05) is 10.2 Å². The SMILES string of the molecule is Cc1ccc(C)c(N(CC(=O)Nc2cccc(Br)c2)S(=O)(=O)c2ccccc2)c1. The normalized spacial score (nSPS) is 11.1. The molecule has 0 heterocycles. The van der Waals surface area contributed by atoms with Crippen LogP contribution in [0.1, 0.15) is 11.1 Å². The predicted molar refractivity (Wildman–Crippen MR) is 120 cm³/mol. The summed E-state index contributed by atoms with van der Waals surface area (Å²) >= 11 is 3.36. The van der Waals surface area contributed by atoms with E-state index in [2.05, 4.69) is 21.2 Å². The number of hydrogen-bond donors (Lipinski definition) is 1. The highest BCUT2D eigenvalue weighted by molar-refractivity contribution is 9.10. The molecule has 0 bridgehead atoms. The summed E-state index contributed by atoms with van der Waals surface area (Å²) in [5, 5.41) is 2.77. The van der Waals surface area contributed by atoms with E-state index in [0.29, 0.717) is 11.4 Å². The van der Waals surface area contributed by atoms with Gasteiger partial charge in [-0.25, -0.2) is 8.42 Å². The summed E-state index contributed by atoms with van der Waals surface area (Å²) in [7, 11) is -3.93. The highest BCUT2D eigenvalue weighted by Crippen LogP contribution is 2.28. The molecule has 29 heavy (non-hydrogen) atoms. The summed E-state index contributed by atoms with van der Waals surface area (Å²) in [4.78, 5) is 12.9. The second-order valence-corrected chi connectivity index (χ2v) is 9.45. The Bertz CT molecular complexity index is 1130. The van der Waals surface area contributed by atoms with Crippen LogP contribution in [0, 0.1) is 13.8 Å². The minimum atomic E-state index is -3.93. The molecule has 1 N–H and O–H groups in total. The Morgan fingerprint density at radius 1 is 0.966 bits per heavy atom. The summed E-state index contributed by atoms with van der Waals surface area (Å²) in [6, 6.07) is 20.8. The molecule has 3 aromatic carbocycles. The molecule has 7 heteroatoms. The number of carbonyl (C=O) groups excluding carboxylic acids is 1. The highest BCUT2D eigenvalue weighted by Gasteiger charge is 2.28. The highest BCUT2D eigenvalue weighted by atomic mass is 79.9. The van der Waals surface area contributed by atoms with E-state index in [0.717, 1.165) is 19.9 Å². The largest absolute Gasteiger partial charge is 0.324 e. The topological polar surface area (TPSA) is 66.5 Å². The lowest BCUT2D eigenvalue weighted by molar-refractivity contribution is -0.114. The maximum Gasteiger partial charge on any atom is 0.264 e. The number of halogens is 1. The standard InChI is InChI=1S/C22H21BrN2O3S/c1-16-11-12-17(2)21(13-16)25(29(27,28)20-9-4-3-5-10-20)15-22(26)24-19-8-6-7-18(23)14-19/h3-14H,15H2,1-2H3,(H,24,26). The zero-order chi connectivity index (χ0) is 21.0. The van der Waals surface area contributed by atoms with E-state index in [1.807, 2.05) is 32.0 Å². The number of nitrogens with zero attached hydrogens (tertiary/aromatic N) is 1. The van der Waals surface area contributed by atoms with Crippen molar-refractivity contribution in [3.63, 3.8) is 0 Å². The van der Waals surface area contributed by atoms with Crippen molar-refractivity contribution in [2.24, 2.45) is 0 Å². The molecule has 1 amide bonds. The number of sulfonamides is 1. The average molecular weight is 473 g/mol. The Morgan fingerprint density at radius 3 is 2.38 bits per heavy atom. The summed E-state index contributed by atoms with van der Waals surface area (Å²) < 4.78 is 28.7. The van der Waals surface area contributed by atoms with Crippen molar-refractivity contribution in [2.75, 3.05) is 16.2 Å². The van der Waals surface area contributed by atoms with Gasteiger partial charge in [0.1, 0.15) is 6.54 Å². The molecule has 0 saturated heterocycles. The number of carbonyl (C=O) groups is 1. The maximum absolute atomic E-state index is 13.4. The van der Waals surface area contributed by atoms with Gasteiger partial charge in [-0.1, -0.05) is 52.3 Å². The van der Waals surface area contributed by atoms with Gasteiger partial charge < -0.3 is 5.32 Å². The molecule has 0 fully saturated rings. The van der Waals surface area contributed by atoms with Crippen LogP contribution in [-0.4, -0.2) is 20.9 Å². The van der Waals surface area contributed by atoms with Crippen molar-refractivity contribution in [1.82, 2.24) is 0 Å². The number of anilines is 2. The lowest BCUT2D eigenvalue weighted by Crippen LogP contribution is -2.38. The zero-order valence-electron chi connectivity index (χ0n) is 16.1. The molecule has 0 saturated carbocycles. The van der Waals surface area contributed by atoms with E-state index in [-0.39, 0.29) is 11.4 Å². The van der Waals surface area contributed by atoms with Crippen molar-refractivity contribution in [3.8, 4) is 0 Å². The van der Waals surface area contributed by atoms with Crippen LogP contribution in [-0.2, 0) is 14.8 Å². The Balaban J connectivity index is 1.99. The average Bonchev–Trinajstić information content (AvgIpc) is 2.69. The molecule has 0 atom stereocenters. The van der Waals surface area contributed by atoms with Crippen LogP contribution in [0.25, 0.3) is 0 Å². The van der Waals surface area contributed by atoms with E-state index in [9.17, 15) is 13.2 Å². The van der Waals surface area contributed by atoms with Gasteiger partial charge in [0.2, 0.25) is 5.91 Å². The van der Waals surface area contributed by atoms with Crippen molar-refractivity contribution in [2.45, 2.75) is 18.7 Å². The Labute approximate surface area is 179 Å². The molecule has 0 spiro atoms. The summed E-state index contributed by atoms with van der Waals surface area (Å²) in [6.45, 7) is 3.38. The van der Waals surface area contributed by atoms with Gasteiger partial charge in [-0.05, 0) is 61.4 Å². The van der Waals surface area contributed by atoms with Crippen LogP contribution in [0.15, 0.2) is 82.2 Å². The van der Waals surface area contributed by atoms with Crippen molar-refractivity contribution < 1.29 is 13.2 Å². The quantitative estimate of drug-likeness (QED) is 0.554. The van der Waals surface area contributed by atoms with E-state index in [1.165, 1.54) is 12.1 Å². The van der Waals surface area contributed by atoms with Crippen molar-refractivity contribution in [1.29, 1.82) is 0 Å². The third-order valence-corrected chi connectivity index (χ3v) is 6.63. The molecule has 0 radical (unpaired) electrons. The minimum absolute atomic E-state index is 0.135. The molecule has 3 aromatic rings. The van der Waals surface area contributed by atoms with Gasteiger partial charge in [0.15, 0.2) is 0 Å². The first-order valence-corrected chi connectivity index (χ1v) is 11.2. The van der Waals surface area contributed by atoms with E-state index < -0.39 is 15.9 Å². The minimum Gasteiger partial charge on any atom is -0.324 e. The fourth-order valence-electron chi connectivity index (χ4n) is 2.90. The molecule has 0 aliphatic rings. The van der Waals surface area contributed by atoms with Crippen LogP contribution < -0.4 is 9.62 Å². The lowest BCUT2D eigenvalue weighted by atomic mass is 10.1. The fourth-order valence-corrected chi connectivity index (χ4v) is 4.80. The number of hydrogen-bond acceptors (Lipinski definition) is 3. The molecule has 150 valence electrons. The summed E-state index contributed by atoms with van der Waals surface area (Å²) in [5.74, 6) is -0.427. The first-order valence-electron chi connectivity index (χ1n) is 8.98. The Hall–Kier alpha value is -2.64. The van der Waals surface area contributed by atoms with Gasteiger partial charge in [0.25, 0.3) is 10.0 Å². The Morgan fingerprint density at radius 2 is 1.69 bits per heavy atom. The van der Waals surface area contributed by atoms with E-state index in [4.69, 9.17) is 0 Å². The van der Waals surface area contributed by atoms with Crippen LogP contribution >= 0.6 is 15.9 Å². The van der Waals surface area contributed by atoms with Gasteiger partial charge in [0.05, 0.1) is 10.6 Å². The third-order valence-electron chi connectivity index (χ3n) is 4.36. The van der Waals surface area contributed by atoms with Crippen LogP contribution in [0.3, 0.4) is 0 Å². The zero-order valence-corrected chi connectivity index (χ0v) is 18.5. The molecular formula is C22H21BrN2O3S. The molecule has 3 rings (SSSR count). The van der Waals surface area contributed by atoms with Gasteiger partial charge in [-0.15, -0.1) is 0 Å². The third kappa shape index (κ3) is 5.05. The van der Waals surface area contributed by atoms with E-state index >= 15 is 0 Å². The monoisotopic (exact) mass is 472 g/mol. The first-order chi connectivity index (χ1) is 13.8. The number of nitrogens with one attached hydrogen (secondary N) is 1. The molecule has 0 aromatic heterocycles. The first kappa shape index (κ1) is 21.1. The molecular weight excluding hydrogens is 452 g/mol. The maximum atomic E-state index is 13.4. The predicted octanol–water partition coefficient (Wildman–Crippen LogP) is 4.90. The van der Waals surface area contributed by atoms with Crippen LogP contribution in [0.4, 0.5) is 11.4 Å². The number of amides is 1. The van der Waals surface area contributed by atoms with Gasteiger partial charge >= 0.3 is 0 Å². The fraction of sp³-hybridized carbons (Fsp3) is 0.136. The molecule has 0 aliphatic heterocycles. The number of benzene rings is 3. The van der Waals surface area contributed by atoms with Crippen molar-refractivity contribution in [3.05, 3.63) is 88.4 Å². The number of rotatable bonds is 6. The van der Waals surface area contributed by atoms with Gasteiger partial charge in [-0.3, -0.25) is 9.10 Å². The van der Waals surface area contributed by atoms with Crippen LogP contribution in [0.2, 0.25) is 0 Å². The molecule has 0 aliphatic carbocycles. The summed E-state index contributed by atoms with van der Waals surface area (Å²) in [6.07, 6.45) is 0. The lowest BCUT2D eigenvalue weighted by Gasteiger charge is -2.26. The second-order valence-electron chi connectivity index (χ2n) is 6.67. The molecule has 0 unspecified atom stereocenters. The van der Waals surface area contributed by atoms with Gasteiger partial charge in [-0.2, -0.15) is 0 Å². The summed E-state index contributed by atoms with van der Waals surface area (Å²) in [5.41, 5.74) is 2.75. The van der Waals surface area contributed by atoms with E-state index in [1.54, 1.807) is 42.5 Å². The molecule has 5 nitrogen and oxygen atoms in total. The second kappa shape index (κ2) is 8.80. The van der Waals surface area contributed by atoms with Crippen LogP contribution in [0.5, 0.6) is 0 Å². The smallest absolute Gasteiger partial charge is 0.264 e. The number of aryl methyl sites for hydroxylation is 2. The van der Waals surface area contributed by atoms with Crippen molar-refractivity contribution >= 4 is 43.2 Å².